The quantitative estimate of drug-likeness (QED) is 0.544. The number of hydrogen-bond donors (Lipinski definition) is 0. The number of amides is 1. The molecule has 0 aliphatic rings. The van der Waals surface area contributed by atoms with Crippen molar-refractivity contribution < 1.29 is 22.7 Å². The summed E-state index contributed by atoms with van der Waals surface area (Å²) in [6.07, 6.45) is -4.49. The first-order chi connectivity index (χ1) is 14.2. The highest BCUT2D eigenvalue weighted by Crippen LogP contribution is 2.33. The number of halogens is 3. The standard InChI is InChI=1S/C20H19F3N4O2S/c1-26(2)17(28)12-30-19-25-24-18(13-7-9-16(29-3)10-8-13)27(19)15-6-4-5-14(11-15)20(21,22)23/h4-11H,12H2,1-3H3. The fraction of sp³-hybridized carbons (Fsp3) is 0.250. The van der Waals surface area contributed by atoms with Crippen LogP contribution in [0.3, 0.4) is 0 Å². The second-order valence-corrected chi connectivity index (χ2v) is 7.44. The van der Waals surface area contributed by atoms with Gasteiger partial charge in [0, 0.05) is 19.7 Å². The molecular weight excluding hydrogens is 417 g/mol. The van der Waals surface area contributed by atoms with E-state index in [1.165, 1.54) is 22.6 Å². The van der Waals surface area contributed by atoms with E-state index in [4.69, 9.17) is 4.74 Å². The molecule has 6 nitrogen and oxygen atoms in total. The SMILES string of the molecule is COc1ccc(-c2nnc(SCC(=O)N(C)C)n2-c2cccc(C(F)(F)F)c2)cc1. The number of hydrogen-bond acceptors (Lipinski definition) is 5. The van der Waals surface area contributed by atoms with Crippen LogP contribution >= 0.6 is 11.8 Å². The van der Waals surface area contributed by atoms with E-state index in [-0.39, 0.29) is 17.3 Å². The molecule has 3 rings (SSSR count). The average Bonchev–Trinajstić information content (AvgIpc) is 3.15. The highest BCUT2D eigenvalue weighted by molar-refractivity contribution is 7.99. The van der Waals surface area contributed by atoms with Crippen LogP contribution in [0.15, 0.2) is 53.7 Å². The van der Waals surface area contributed by atoms with E-state index in [0.717, 1.165) is 23.9 Å². The van der Waals surface area contributed by atoms with Crippen LogP contribution in [0.4, 0.5) is 13.2 Å². The van der Waals surface area contributed by atoms with Gasteiger partial charge in [0.25, 0.3) is 0 Å². The van der Waals surface area contributed by atoms with Crippen LogP contribution in [0.5, 0.6) is 5.75 Å². The van der Waals surface area contributed by atoms with E-state index in [0.29, 0.717) is 22.3 Å². The number of thioether (sulfide) groups is 1. The summed E-state index contributed by atoms with van der Waals surface area (Å²) < 4.78 is 46.4. The Labute approximate surface area is 175 Å². The molecule has 1 aromatic heterocycles. The Balaban J connectivity index is 2.09. The van der Waals surface area contributed by atoms with Crippen LogP contribution in [-0.4, -0.2) is 52.5 Å². The number of alkyl halides is 3. The summed E-state index contributed by atoms with van der Waals surface area (Å²) >= 11 is 1.11. The number of rotatable bonds is 6. The van der Waals surface area contributed by atoms with Crippen molar-refractivity contribution in [3.8, 4) is 22.8 Å². The van der Waals surface area contributed by atoms with Crippen LogP contribution in [-0.2, 0) is 11.0 Å². The molecule has 2 aromatic carbocycles. The molecule has 0 saturated carbocycles. The molecule has 0 aliphatic heterocycles. The van der Waals surface area contributed by atoms with E-state index >= 15 is 0 Å². The lowest BCUT2D eigenvalue weighted by Gasteiger charge is -2.14. The van der Waals surface area contributed by atoms with Gasteiger partial charge >= 0.3 is 6.18 Å². The Hall–Kier alpha value is -3.01. The van der Waals surface area contributed by atoms with Crippen molar-refractivity contribution in [1.82, 2.24) is 19.7 Å². The van der Waals surface area contributed by atoms with Gasteiger partial charge in [0.1, 0.15) is 5.75 Å². The summed E-state index contributed by atoms with van der Waals surface area (Å²) in [5, 5.41) is 8.62. The maximum atomic E-state index is 13.2. The van der Waals surface area contributed by atoms with Crippen molar-refractivity contribution in [2.45, 2.75) is 11.3 Å². The number of nitrogens with zero attached hydrogens (tertiary/aromatic N) is 4. The van der Waals surface area contributed by atoms with Crippen LogP contribution in [0.1, 0.15) is 5.56 Å². The Kier molecular flexibility index (Phi) is 6.35. The van der Waals surface area contributed by atoms with Crippen LogP contribution in [0.2, 0.25) is 0 Å². The highest BCUT2D eigenvalue weighted by Gasteiger charge is 2.31. The molecule has 1 heterocycles. The van der Waals surface area contributed by atoms with E-state index in [9.17, 15) is 18.0 Å². The first kappa shape index (κ1) is 21.7. The molecule has 158 valence electrons. The van der Waals surface area contributed by atoms with Gasteiger partial charge in [0.2, 0.25) is 5.91 Å². The number of aromatic nitrogens is 3. The Morgan fingerprint density at radius 1 is 1.13 bits per heavy atom. The summed E-state index contributed by atoms with van der Waals surface area (Å²) in [7, 11) is 4.79. The van der Waals surface area contributed by atoms with Gasteiger partial charge < -0.3 is 9.64 Å². The largest absolute Gasteiger partial charge is 0.497 e. The minimum absolute atomic E-state index is 0.0761. The zero-order valence-electron chi connectivity index (χ0n) is 16.5. The molecule has 0 saturated heterocycles. The summed E-state index contributed by atoms with van der Waals surface area (Å²) in [4.78, 5) is 13.4. The normalized spacial score (nSPS) is 11.4. The predicted octanol–water partition coefficient (Wildman–Crippen LogP) is 4.14. The monoisotopic (exact) mass is 436 g/mol. The van der Waals surface area contributed by atoms with Crippen LogP contribution in [0.25, 0.3) is 17.1 Å². The van der Waals surface area contributed by atoms with E-state index in [2.05, 4.69) is 10.2 Å². The molecular formula is C20H19F3N4O2S. The molecule has 1 amide bonds. The molecule has 0 atom stereocenters. The number of carbonyl (C=O) groups excluding carboxylic acids is 1. The zero-order valence-corrected chi connectivity index (χ0v) is 17.3. The minimum Gasteiger partial charge on any atom is -0.497 e. The van der Waals surface area contributed by atoms with Gasteiger partial charge in [-0.1, -0.05) is 17.8 Å². The first-order valence-electron chi connectivity index (χ1n) is 8.81. The van der Waals surface area contributed by atoms with Crippen molar-refractivity contribution in [1.29, 1.82) is 0 Å². The molecule has 0 fully saturated rings. The second-order valence-electron chi connectivity index (χ2n) is 6.50. The molecule has 0 spiro atoms. The molecule has 0 aliphatic carbocycles. The Morgan fingerprint density at radius 3 is 2.43 bits per heavy atom. The number of benzene rings is 2. The smallest absolute Gasteiger partial charge is 0.416 e. The van der Waals surface area contributed by atoms with Crippen LogP contribution in [0, 0.1) is 0 Å². The number of methoxy groups -OCH3 is 1. The van der Waals surface area contributed by atoms with Crippen LogP contribution < -0.4 is 4.74 Å². The Morgan fingerprint density at radius 2 is 1.83 bits per heavy atom. The molecule has 30 heavy (non-hydrogen) atoms. The summed E-state index contributed by atoms with van der Waals surface area (Å²) in [6.45, 7) is 0. The van der Waals surface area contributed by atoms with Crippen molar-refractivity contribution >= 4 is 17.7 Å². The molecule has 10 heteroatoms. The van der Waals surface area contributed by atoms with Gasteiger partial charge in [-0.05, 0) is 42.5 Å². The van der Waals surface area contributed by atoms with Gasteiger partial charge in [-0.3, -0.25) is 9.36 Å². The third-order valence-corrected chi connectivity index (χ3v) is 5.15. The topological polar surface area (TPSA) is 60.3 Å². The summed E-state index contributed by atoms with van der Waals surface area (Å²) in [5.41, 5.74) is 0.113. The lowest BCUT2D eigenvalue weighted by molar-refractivity contribution is -0.137. The molecule has 0 bridgehead atoms. The third-order valence-electron chi connectivity index (χ3n) is 4.24. The van der Waals surface area contributed by atoms with Crippen molar-refractivity contribution in [2.24, 2.45) is 0 Å². The van der Waals surface area contributed by atoms with Gasteiger partial charge in [-0.2, -0.15) is 13.2 Å². The zero-order chi connectivity index (χ0) is 21.9. The van der Waals surface area contributed by atoms with E-state index in [1.54, 1.807) is 44.4 Å². The van der Waals surface area contributed by atoms with Gasteiger partial charge in [-0.25, -0.2) is 0 Å². The van der Waals surface area contributed by atoms with E-state index < -0.39 is 11.7 Å². The van der Waals surface area contributed by atoms with Gasteiger partial charge in [0.05, 0.1) is 24.1 Å². The third kappa shape index (κ3) is 4.76. The van der Waals surface area contributed by atoms with E-state index in [1.807, 2.05) is 0 Å². The maximum Gasteiger partial charge on any atom is 0.416 e. The maximum absolute atomic E-state index is 13.2. The highest BCUT2D eigenvalue weighted by atomic mass is 32.2. The minimum atomic E-state index is -4.49. The summed E-state index contributed by atoms with van der Waals surface area (Å²) in [5.74, 6) is 0.920. The number of carbonyl (C=O) groups is 1. The van der Waals surface area contributed by atoms with Crippen molar-refractivity contribution in [2.75, 3.05) is 27.0 Å². The molecule has 0 radical (unpaired) electrons. The van der Waals surface area contributed by atoms with Gasteiger partial charge in [0.15, 0.2) is 11.0 Å². The fourth-order valence-corrected chi connectivity index (χ4v) is 3.53. The molecule has 3 aromatic rings. The predicted molar refractivity (Wildman–Crippen MR) is 108 cm³/mol. The van der Waals surface area contributed by atoms with Crippen molar-refractivity contribution in [3.05, 3.63) is 54.1 Å². The number of ether oxygens (including phenoxy) is 1. The first-order valence-corrected chi connectivity index (χ1v) is 9.79. The van der Waals surface area contributed by atoms with Crippen molar-refractivity contribution in [3.63, 3.8) is 0 Å². The lowest BCUT2D eigenvalue weighted by atomic mass is 10.1. The second kappa shape index (κ2) is 8.78. The molecule has 0 N–H and O–H groups in total. The lowest BCUT2D eigenvalue weighted by Crippen LogP contribution is -2.23. The summed E-state index contributed by atoms with van der Waals surface area (Å²) in [6, 6.07) is 11.8. The fourth-order valence-electron chi connectivity index (χ4n) is 2.60. The average molecular weight is 436 g/mol. The van der Waals surface area contributed by atoms with Gasteiger partial charge in [-0.15, -0.1) is 10.2 Å². The Bertz CT molecular complexity index is 1030. The molecule has 0 unspecified atom stereocenters.